The van der Waals surface area contributed by atoms with Crippen LogP contribution in [0.25, 0.3) is 0 Å². The monoisotopic (exact) mass is 267 g/mol. The molecule has 1 rings (SSSR count). The number of nitrogens with two attached hydrogens (primary N) is 1. The molecule has 0 bridgehead atoms. The maximum absolute atomic E-state index is 12.0. The SMILES string of the molecule is CC(C)[C@@H](NC(=O)c1cc(C(N)=O)cn1C)C(=O)O. The molecule has 0 unspecified atom stereocenters. The Morgan fingerprint density at radius 3 is 2.32 bits per heavy atom. The van der Waals surface area contributed by atoms with E-state index < -0.39 is 23.8 Å². The number of aliphatic carboxylic acids is 1. The van der Waals surface area contributed by atoms with Gasteiger partial charge in [-0.2, -0.15) is 0 Å². The highest BCUT2D eigenvalue weighted by Gasteiger charge is 2.25. The second kappa shape index (κ2) is 5.55. The molecule has 7 heteroatoms. The first-order valence-corrected chi connectivity index (χ1v) is 5.74. The highest BCUT2D eigenvalue weighted by Crippen LogP contribution is 2.09. The number of carbonyl (C=O) groups excluding carboxylic acids is 2. The second-order valence-electron chi connectivity index (χ2n) is 4.62. The molecule has 0 spiro atoms. The number of nitrogens with zero attached hydrogens (tertiary/aromatic N) is 1. The highest BCUT2D eigenvalue weighted by atomic mass is 16.4. The fourth-order valence-corrected chi connectivity index (χ4v) is 1.65. The smallest absolute Gasteiger partial charge is 0.326 e. The standard InChI is InChI=1S/C12H17N3O4/c1-6(2)9(12(18)19)14-11(17)8-4-7(10(13)16)5-15(8)3/h4-6,9H,1-3H3,(H2,13,16)(H,14,17)(H,18,19)/t9-/m1/s1. The third-order valence-electron chi connectivity index (χ3n) is 2.74. The van der Waals surface area contributed by atoms with E-state index in [1.165, 1.54) is 16.8 Å². The highest BCUT2D eigenvalue weighted by molar-refractivity contribution is 5.99. The lowest BCUT2D eigenvalue weighted by molar-refractivity contribution is -0.140. The fourth-order valence-electron chi connectivity index (χ4n) is 1.65. The predicted octanol–water partition coefficient (Wildman–Crippen LogP) is -0.0370. The molecule has 7 nitrogen and oxygen atoms in total. The van der Waals surface area contributed by atoms with Gasteiger partial charge >= 0.3 is 5.97 Å². The summed E-state index contributed by atoms with van der Waals surface area (Å²) in [6.07, 6.45) is 1.42. The summed E-state index contributed by atoms with van der Waals surface area (Å²) in [4.78, 5) is 34.0. The second-order valence-corrected chi connectivity index (χ2v) is 4.62. The van der Waals surface area contributed by atoms with E-state index in [1.807, 2.05) is 0 Å². The van der Waals surface area contributed by atoms with Crippen LogP contribution in [0.1, 0.15) is 34.7 Å². The van der Waals surface area contributed by atoms with E-state index in [1.54, 1.807) is 20.9 Å². The quantitative estimate of drug-likeness (QED) is 0.694. The summed E-state index contributed by atoms with van der Waals surface area (Å²) in [5, 5.41) is 11.4. The summed E-state index contributed by atoms with van der Waals surface area (Å²) in [7, 11) is 1.58. The van der Waals surface area contributed by atoms with Crippen LogP contribution in [0.15, 0.2) is 12.3 Å². The summed E-state index contributed by atoms with van der Waals surface area (Å²) >= 11 is 0. The number of primary amides is 1. The molecule has 2 amide bonds. The van der Waals surface area contributed by atoms with Gasteiger partial charge in [0, 0.05) is 13.2 Å². The molecule has 1 aromatic heterocycles. The number of hydrogen-bond donors (Lipinski definition) is 3. The molecule has 19 heavy (non-hydrogen) atoms. The van der Waals surface area contributed by atoms with Crippen molar-refractivity contribution < 1.29 is 19.5 Å². The zero-order valence-corrected chi connectivity index (χ0v) is 11.0. The molecule has 4 N–H and O–H groups in total. The van der Waals surface area contributed by atoms with E-state index in [0.717, 1.165) is 0 Å². The minimum atomic E-state index is -1.10. The van der Waals surface area contributed by atoms with Gasteiger partial charge < -0.3 is 20.7 Å². The number of carboxylic acid groups (broad SMARTS) is 1. The number of carbonyl (C=O) groups is 3. The third kappa shape index (κ3) is 3.34. The molecule has 1 heterocycles. The van der Waals surface area contributed by atoms with Gasteiger partial charge in [-0.15, -0.1) is 0 Å². The molecule has 104 valence electrons. The van der Waals surface area contributed by atoms with Gasteiger partial charge in [0.15, 0.2) is 0 Å². The van der Waals surface area contributed by atoms with Crippen molar-refractivity contribution in [3.8, 4) is 0 Å². The Bertz CT molecular complexity index is 519. The van der Waals surface area contributed by atoms with Crippen LogP contribution in [0, 0.1) is 5.92 Å². The summed E-state index contributed by atoms with van der Waals surface area (Å²) in [6, 6.07) is 0.344. The van der Waals surface area contributed by atoms with Gasteiger partial charge in [-0.25, -0.2) is 4.79 Å². The lowest BCUT2D eigenvalue weighted by atomic mass is 10.0. The largest absolute Gasteiger partial charge is 0.480 e. The molecule has 0 aliphatic rings. The van der Waals surface area contributed by atoms with Crippen molar-refractivity contribution in [1.29, 1.82) is 0 Å². The molecule has 0 aliphatic heterocycles. The van der Waals surface area contributed by atoms with Crippen LogP contribution < -0.4 is 11.1 Å². The molecule has 0 fully saturated rings. The molecule has 0 saturated carbocycles. The number of carboxylic acids is 1. The lowest BCUT2D eigenvalue weighted by Crippen LogP contribution is -2.44. The van der Waals surface area contributed by atoms with Crippen molar-refractivity contribution in [3.63, 3.8) is 0 Å². The van der Waals surface area contributed by atoms with Gasteiger partial charge in [0.2, 0.25) is 5.91 Å². The van der Waals surface area contributed by atoms with Gasteiger partial charge in [0.05, 0.1) is 5.56 Å². The van der Waals surface area contributed by atoms with Gasteiger partial charge in [-0.1, -0.05) is 13.8 Å². The maximum atomic E-state index is 12.0. The number of rotatable bonds is 5. The van der Waals surface area contributed by atoms with Crippen molar-refractivity contribution in [3.05, 3.63) is 23.5 Å². The summed E-state index contributed by atoms with van der Waals surface area (Å²) in [5.41, 5.74) is 5.50. The van der Waals surface area contributed by atoms with Crippen molar-refractivity contribution >= 4 is 17.8 Å². The number of amides is 2. The summed E-state index contributed by atoms with van der Waals surface area (Å²) in [5.74, 6) is -2.56. The zero-order valence-electron chi connectivity index (χ0n) is 11.0. The Morgan fingerprint density at radius 1 is 1.37 bits per heavy atom. The first kappa shape index (κ1) is 14.7. The lowest BCUT2D eigenvalue weighted by Gasteiger charge is -2.17. The Balaban J connectivity index is 2.94. The van der Waals surface area contributed by atoms with Crippen LogP contribution in [0.4, 0.5) is 0 Å². The van der Waals surface area contributed by atoms with E-state index in [4.69, 9.17) is 10.8 Å². The van der Waals surface area contributed by atoms with Crippen LogP contribution in [-0.4, -0.2) is 33.5 Å². The minimum absolute atomic E-state index is 0.181. The topological polar surface area (TPSA) is 114 Å². The minimum Gasteiger partial charge on any atom is -0.480 e. The van der Waals surface area contributed by atoms with Crippen LogP contribution in [0.5, 0.6) is 0 Å². The van der Waals surface area contributed by atoms with Gasteiger partial charge in [-0.3, -0.25) is 9.59 Å². The van der Waals surface area contributed by atoms with Crippen molar-refractivity contribution in [1.82, 2.24) is 9.88 Å². The van der Waals surface area contributed by atoms with Gasteiger partial charge in [0.25, 0.3) is 5.91 Å². The predicted molar refractivity (Wildman–Crippen MR) is 67.7 cm³/mol. The third-order valence-corrected chi connectivity index (χ3v) is 2.74. The van der Waals surface area contributed by atoms with E-state index in [0.29, 0.717) is 0 Å². The Hall–Kier alpha value is -2.31. The van der Waals surface area contributed by atoms with Gasteiger partial charge in [-0.05, 0) is 12.0 Å². The van der Waals surface area contributed by atoms with Crippen LogP contribution in [0.3, 0.4) is 0 Å². The molecule has 0 aromatic carbocycles. The number of aryl methyl sites for hydroxylation is 1. The Labute approximate surface area is 110 Å². The Kier molecular flexibility index (Phi) is 4.31. The first-order chi connectivity index (χ1) is 8.73. The molecule has 0 saturated heterocycles. The molecule has 0 aliphatic carbocycles. The molecular weight excluding hydrogens is 250 g/mol. The Morgan fingerprint density at radius 2 is 1.95 bits per heavy atom. The molecule has 0 radical (unpaired) electrons. The van der Waals surface area contributed by atoms with E-state index in [2.05, 4.69) is 5.32 Å². The van der Waals surface area contributed by atoms with Crippen LogP contribution in [-0.2, 0) is 11.8 Å². The number of aromatic nitrogens is 1. The van der Waals surface area contributed by atoms with Gasteiger partial charge in [0.1, 0.15) is 11.7 Å². The van der Waals surface area contributed by atoms with E-state index in [9.17, 15) is 14.4 Å². The van der Waals surface area contributed by atoms with E-state index >= 15 is 0 Å². The van der Waals surface area contributed by atoms with Crippen molar-refractivity contribution in [2.75, 3.05) is 0 Å². The zero-order chi connectivity index (χ0) is 14.7. The van der Waals surface area contributed by atoms with Crippen LogP contribution in [0.2, 0.25) is 0 Å². The molecular formula is C12H17N3O4. The fraction of sp³-hybridized carbons (Fsp3) is 0.417. The summed E-state index contributed by atoms with van der Waals surface area (Å²) in [6.45, 7) is 3.39. The van der Waals surface area contributed by atoms with Crippen LogP contribution >= 0.6 is 0 Å². The number of hydrogen-bond acceptors (Lipinski definition) is 3. The average Bonchev–Trinajstić information content (AvgIpc) is 2.67. The van der Waals surface area contributed by atoms with Crippen molar-refractivity contribution in [2.24, 2.45) is 18.7 Å². The summed E-state index contributed by atoms with van der Waals surface area (Å²) < 4.78 is 1.43. The first-order valence-electron chi connectivity index (χ1n) is 5.74. The molecule has 1 atom stereocenters. The normalized spacial score (nSPS) is 12.2. The number of nitrogens with one attached hydrogen (secondary N) is 1. The molecule has 1 aromatic rings. The average molecular weight is 267 g/mol. The van der Waals surface area contributed by atoms with Crippen molar-refractivity contribution in [2.45, 2.75) is 19.9 Å². The maximum Gasteiger partial charge on any atom is 0.326 e. The van der Waals surface area contributed by atoms with E-state index in [-0.39, 0.29) is 17.2 Å².